The smallest absolute Gasteiger partial charge is 0.303 e. The molecule has 0 aromatic carbocycles. The van der Waals surface area contributed by atoms with Crippen LogP contribution < -0.4 is 11.1 Å². The van der Waals surface area contributed by atoms with Crippen molar-refractivity contribution in [3.8, 4) is 0 Å². The molecule has 2 unspecified atom stereocenters. The van der Waals surface area contributed by atoms with Crippen molar-refractivity contribution in [1.82, 2.24) is 5.32 Å². The van der Waals surface area contributed by atoms with Gasteiger partial charge in [-0.15, -0.1) is 0 Å². The molecule has 5 nitrogen and oxygen atoms in total. The lowest BCUT2D eigenvalue weighted by Crippen LogP contribution is -2.36. The van der Waals surface area contributed by atoms with E-state index in [0.29, 0.717) is 31.3 Å². The van der Waals surface area contributed by atoms with Gasteiger partial charge in [0.2, 0.25) is 5.91 Å². The van der Waals surface area contributed by atoms with Gasteiger partial charge >= 0.3 is 5.97 Å². The van der Waals surface area contributed by atoms with E-state index in [2.05, 4.69) is 19.2 Å². The van der Waals surface area contributed by atoms with Crippen LogP contribution in [0.1, 0.15) is 46.5 Å². The topological polar surface area (TPSA) is 92.4 Å². The quantitative estimate of drug-likeness (QED) is 0.563. The first-order chi connectivity index (χ1) is 8.86. The molecule has 0 rings (SSSR count). The fraction of sp³-hybridized carbons (Fsp3) is 0.857. The molecule has 0 aromatic heterocycles. The van der Waals surface area contributed by atoms with Gasteiger partial charge < -0.3 is 16.2 Å². The number of carbonyl (C=O) groups is 2. The van der Waals surface area contributed by atoms with Gasteiger partial charge in [0.25, 0.3) is 0 Å². The molecule has 5 heteroatoms. The monoisotopic (exact) mass is 272 g/mol. The molecule has 0 saturated heterocycles. The SMILES string of the molecule is CC(C)CC(CN)C(=O)NCCC(C)CCC(=O)O. The number of nitrogens with two attached hydrogens (primary N) is 1. The minimum absolute atomic E-state index is 0.0154. The van der Waals surface area contributed by atoms with E-state index in [-0.39, 0.29) is 18.2 Å². The summed E-state index contributed by atoms with van der Waals surface area (Å²) >= 11 is 0. The molecule has 0 aliphatic heterocycles. The molecule has 0 aromatic rings. The zero-order chi connectivity index (χ0) is 14.8. The Kier molecular flexibility index (Phi) is 9.21. The highest BCUT2D eigenvalue weighted by Crippen LogP contribution is 2.12. The Morgan fingerprint density at radius 2 is 1.84 bits per heavy atom. The maximum absolute atomic E-state index is 11.9. The van der Waals surface area contributed by atoms with E-state index in [4.69, 9.17) is 10.8 Å². The standard InChI is InChI=1S/C14H28N2O3/c1-10(2)8-12(9-15)14(19)16-7-6-11(3)4-5-13(17)18/h10-12H,4-9,15H2,1-3H3,(H,16,19)(H,17,18). The van der Waals surface area contributed by atoms with Gasteiger partial charge in [-0.2, -0.15) is 0 Å². The van der Waals surface area contributed by atoms with E-state index in [1.54, 1.807) is 0 Å². The molecular formula is C14H28N2O3. The maximum Gasteiger partial charge on any atom is 0.303 e. The molecule has 0 aliphatic rings. The van der Waals surface area contributed by atoms with Gasteiger partial charge in [-0.3, -0.25) is 9.59 Å². The Balaban J connectivity index is 3.85. The molecule has 0 heterocycles. The van der Waals surface area contributed by atoms with Gasteiger partial charge in [-0.25, -0.2) is 0 Å². The zero-order valence-electron chi connectivity index (χ0n) is 12.3. The summed E-state index contributed by atoms with van der Waals surface area (Å²) in [5, 5.41) is 11.5. The summed E-state index contributed by atoms with van der Waals surface area (Å²) < 4.78 is 0. The number of nitrogens with one attached hydrogen (secondary N) is 1. The van der Waals surface area contributed by atoms with Crippen LogP contribution >= 0.6 is 0 Å². The highest BCUT2D eigenvalue weighted by Gasteiger charge is 2.17. The zero-order valence-corrected chi connectivity index (χ0v) is 12.3. The molecule has 0 saturated carbocycles. The number of amides is 1. The summed E-state index contributed by atoms with van der Waals surface area (Å²) in [6, 6.07) is 0. The summed E-state index contributed by atoms with van der Waals surface area (Å²) in [5.41, 5.74) is 5.61. The average molecular weight is 272 g/mol. The molecule has 0 aliphatic carbocycles. The molecule has 2 atom stereocenters. The van der Waals surface area contributed by atoms with Gasteiger partial charge in [-0.05, 0) is 31.1 Å². The average Bonchev–Trinajstić information content (AvgIpc) is 2.32. The molecule has 1 amide bonds. The predicted molar refractivity (Wildman–Crippen MR) is 75.7 cm³/mol. The summed E-state index contributed by atoms with van der Waals surface area (Å²) in [6.07, 6.45) is 2.44. The number of carboxylic acids is 1. The van der Waals surface area contributed by atoms with Crippen molar-refractivity contribution in [1.29, 1.82) is 0 Å². The summed E-state index contributed by atoms with van der Waals surface area (Å²) in [6.45, 7) is 7.12. The first-order valence-electron chi connectivity index (χ1n) is 7.06. The van der Waals surface area contributed by atoms with Crippen LogP contribution in [0.2, 0.25) is 0 Å². The number of carbonyl (C=O) groups excluding carboxylic acids is 1. The molecule has 112 valence electrons. The summed E-state index contributed by atoms with van der Waals surface area (Å²) in [5.74, 6) is -0.112. The molecular weight excluding hydrogens is 244 g/mol. The fourth-order valence-electron chi connectivity index (χ4n) is 1.98. The van der Waals surface area contributed by atoms with E-state index in [0.717, 1.165) is 12.8 Å². The van der Waals surface area contributed by atoms with Gasteiger partial charge in [-0.1, -0.05) is 20.8 Å². The third kappa shape index (κ3) is 9.47. The second kappa shape index (κ2) is 9.78. The predicted octanol–water partition coefficient (Wildman–Crippen LogP) is 1.61. The van der Waals surface area contributed by atoms with Crippen molar-refractivity contribution in [2.75, 3.05) is 13.1 Å². The van der Waals surface area contributed by atoms with Crippen molar-refractivity contribution < 1.29 is 14.7 Å². The van der Waals surface area contributed by atoms with Crippen molar-refractivity contribution in [2.45, 2.75) is 46.5 Å². The van der Waals surface area contributed by atoms with Crippen molar-refractivity contribution in [3.05, 3.63) is 0 Å². The lowest BCUT2D eigenvalue weighted by atomic mass is 9.96. The Morgan fingerprint density at radius 3 is 2.32 bits per heavy atom. The number of hydrogen-bond donors (Lipinski definition) is 3. The third-order valence-corrected chi connectivity index (χ3v) is 3.20. The molecule has 19 heavy (non-hydrogen) atoms. The summed E-state index contributed by atoms with van der Waals surface area (Å²) in [7, 11) is 0. The lowest BCUT2D eigenvalue weighted by molar-refractivity contribution is -0.137. The van der Waals surface area contributed by atoms with Crippen LogP contribution in [0, 0.1) is 17.8 Å². The highest BCUT2D eigenvalue weighted by atomic mass is 16.4. The molecule has 0 spiro atoms. The van der Waals surface area contributed by atoms with Crippen LogP contribution in [0.5, 0.6) is 0 Å². The van der Waals surface area contributed by atoms with Gasteiger partial charge in [0, 0.05) is 19.5 Å². The Morgan fingerprint density at radius 1 is 1.21 bits per heavy atom. The van der Waals surface area contributed by atoms with Gasteiger partial charge in [0.05, 0.1) is 5.92 Å². The Hall–Kier alpha value is -1.10. The minimum Gasteiger partial charge on any atom is -0.481 e. The molecule has 4 N–H and O–H groups in total. The second-order valence-electron chi connectivity index (χ2n) is 5.68. The van der Waals surface area contributed by atoms with Crippen LogP contribution in [-0.2, 0) is 9.59 Å². The molecule has 0 fully saturated rings. The summed E-state index contributed by atoms with van der Waals surface area (Å²) in [4.78, 5) is 22.3. The van der Waals surface area contributed by atoms with Crippen molar-refractivity contribution >= 4 is 11.9 Å². The Bertz CT molecular complexity index is 280. The first kappa shape index (κ1) is 17.9. The first-order valence-corrected chi connectivity index (χ1v) is 7.06. The van der Waals surface area contributed by atoms with Gasteiger partial charge in [0.15, 0.2) is 0 Å². The van der Waals surface area contributed by atoms with E-state index < -0.39 is 5.97 Å². The normalized spacial score (nSPS) is 14.2. The number of carboxylic acid groups (broad SMARTS) is 1. The van der Waals surface area contributed by atoms with Crippen LogP contribution in [0.4, 0.5) is 0 Å². The van der Waals surface area contributed by atoms with E-state index in [9.17, 15) is 9.59 Å². The van der Waals surface area contributed by atoms with Crippen LogP contribution in [0.3, 0.4) is 0 Å². The van der Waals surface area contributed by atoms with E-state index >= 15 is 0 Å². The molecule has 0 radical (unpaired) electrons. The van der Waals surface area contributed by atoms with E-state index in [1.165, 1.54) is 0 Å². The van der Waals surface area contributed by atoms with Crippen LogP contribution in [0.25, 0.3) is 0 Å². The minimum atomic E-state index is -0.768. The number of hydrogen-bond acceptors (Lipinski definition) is 3. The third-order valence-electron chi connectivity index (χ3n) is 3.20. The van der Waals surface area contributed by atoms with Crippen LogP contribution in [-0.4, -0.2) is 30.1 Å². The molecule has 0 bridgehead atoms. The lowest BCUT2D eigenvalue weighted by Gasteiger charge is -2.17. The largest absolute Gasteiger partial charge is 0.481 e. The van der Waals surface area contributed by atoms with Gasteiger partial charge in [0.1, 0.15) is 0 Å². The highest BCUT2D eigenvalue weighted by molar-refractivity contribution is 5.78. The van der Waals surface area contributed by atoms with E-state index in [1.807, 2.05) is 6.92 Å². The number of aliphatic carboxylic acids is 1. The van der Waals surface area contributed by atoms with Crippen molar-refractivity contribution in [2.24, 2.45) is 23.5 Å². The maximum atomic E-state index is 11.9. The van der Waals surface area contributed by atoms with Crippen molar-refractivity contribution in [3.63, 3.8) is 0 Å². The second-order valence-corrected chi connectivity index (χ2v) is 5.68. The Labute approximate surface area is 115 Å². The number of rotatable bonds is 10. The fourth-order valence-corrected chi connectivity index (χ4v) is 1.98. The van der Waals surface area contributed by atoms with Crippen LogP contribution in [0.15, 0.2) is 0 Å².